The van der Waals surface area contributed by atoms with Crippen LogP contribution in [0.1, 0.15) is 17.5 Å². The molecule has 0 saturated carbocycles. The molecule has 2 aromatic rings. The Morgan fingerprint density at radius 1 is 1.03 bits per heavy atom. The van der Waals surface area contributed by atoms with Crippen LogP contribution in [-0.4, -0.2) is 59.2 Å². The molecule has 0 aliphatic carbocycles. The van der Waals surface area contributed by atoms with Crippen molar-refractivity contribution in [2.45, 2.75) is 24.3 Å². The molecule has 0 radical (unpaired) electrons. The number of carbonyl (C=O) groups excluding carboxylic acids is 1. The smallest absolute Gasteiger partial charge is 0.243 e. The molecule has 1 aliphatic heterocycles. The van der Waals surface area contributed by atoms with Gasteiger partial charge in [-0.15, -0.1) is 0 Å². The maximum atomic E-state index is 12.9. The summed E-state index contributed by atoms with van der Waals surface area (Å²) in [7, 11) is -0.506. The number of hydrogen-bond donors (Lipinski definition) is 1. The fourth-order valence-electron chi connectivity index (χ4n) is 3.43. The Balaban J connectivity index is 1.66. The van der Waals surface area contributed by atoms with Gasteiger partial charge in [-0.1, -0.05) is 18.2 Å². The van der Waals surface area contributed by atoms with Crippen molar-refractivity contribution in [3.63, 3.8) is 0 Å². The molecule has 3 rings (SSSR count). The maximum Gasteiger partial charge on any atom is 0.243 e. The quantitative estimate of drug-likeness (QED) is 0.630. The largest absolute Gasteiger partial charge is 0.496 e. The highest BCUT2D eigenvalue weighted by atomic mass is 32.2. The minimum absolute atomic E-state index is 0.144. The van der Waals surface area contributed by atoms with Crippen LogP contribution in [0.2, 0.25) is 0 Å². The SMILES string of the molecule is COc1ccc(S(=O)(=O)N2CCOCC2)cc1CCC(=O)NCc1ccccc1OC. The highest BCUT2D eigenvalue weighted by Gasteiger charge is 2.27. The number of sulfonamides is 1. The van der Waals surface area contributed by atoms with Gasteiger partial charge in [0.25, 0.3) is 0 Å². The first-order valence-electron chi connectivity index (χ1n) is 10.1. The first-order valence-corrected chi connectivity index (χ1v) is 11.5. The summed E-state index contributed by atoms with van der Waals surface area (Å²) in [6.45, 7) is 1.78. The number of para-hydroxylation sites is 1. The molecule has 1 fully saturated rings. The number of aryl methyl sites for hydroxylation is 1. The molecule has 1 N–H and O–H groups in total. The van der Waals surface area contributed by atoms with E-state index in [1.165, 1.54) is 17.5 Å². The van der Waals surface area contributed by atoms with Gasteiger partial charge in [0.2, 0.25) is 15.9 Å². The van der Waals surface area contributed by atoms with Gasteiger partial charge in [-0.25, -0.2) is 8.42 Å². The number of morpholine rings is 1. The Morgan fingerprint density at radius 2 is 1.71 bits per heavy atom. The van der Waals surface area contributed by atoms with Crippen LogP contribution in [-0.2, 0) is 32.5 Å². The van der Waals surface area contributed by atoms with E-state index in [-0.39, 0.29) is 17.2 Å². The van der Waals surface area contributed by atoms with Crippen LogP contribution >= 0.6 is 0 Å². The molecular weight excluding hydrogens is 420 g/mol. The molecule has 2 aromatic carbocycles. The van der Waals surface area contributed by atoms with Gasteiger partial charge in [-0.3, -0.25) is 4.79 Å². The van der Waals surface area contributed by atoms with Crippen molar-refractivity contribution in [2.75, 3.05) is 40.5 Å². The normalized spacial score (nSPS) is 14.8. The Morgan fingerprint density at radius 3 is 2.42 bits per heavy atom. The number of methoxy groups -OCH3 is 2. The second-order valence-corrected chi connectivity index (χ2v) is 9.02. The highest BCUT2D eigenvalue weighted by Crippen LogP contribution is 2.26. The van der Waals surface area contributed by atoms with E-state index in [9.17, 15) is 13.2 Å². The Labute approximate surface area is 183 Å². The number of nitrogens with zero attached hydrogens (tertiary/aromatic N) is 1. The summed E-state index contributed by atoms with van der Waals surface area (Å²) in [5.74, 6) is 1.12. The van der Waals surface area contributed by atoms with Crippen LogP contribution in [0.4, 0.5) is 0 Å². The summed E-state index contributed by atoms with van der Waals surface area (Å²) in [5, 5.41) is 2.88. The van der Waals surface area contributed by atoms with E-state index >= 15 is 0 Å². The molecule has 31 heavy (non-hydrogen) atoms. The fourth-order valence-corrected chi connectivity index (χ4v) is 4.89. The third-order valence-electron chi connectivity index (χ3n) is 5.15. The van der Waals surface area contributed by atoms with Gasteiger partial charge in [-0.05, 0) is 36.2 Å². The van der Waals surface area contributed by atoms with Gasteiger partial charge in [0, 0.05) is 31.6 Å². The van der Waals surface area contributed by atoms with Gasteiger partial charge in [-0.2, -0.15) is 4.31 Å². The van der Waals surface area contributed by atoms with Gasteiger partial charge < -0.3 is 19.5 Å². The van der Waals surface area contributed by atoms with E-state index in [4.69, 9.17) is 14.2 Å². The Bertz CT molecular complexity index is 1000. The van der Waals surface area contributed by atoms with Crippen LogP contribution in [0.5, 0.6) is 11.5 Å². The van der Waals surface area contributed by atoms with E-state index in [0.29, 0.717) is 56.3 Å². The summed E-state index contributed by atoms with van der Waals surface area (Å²) in [4.78, 5) is 12.6. The monoisotopic (exact) mass is 448 g/mol. The minimum atomic E-state index is -3.62. The van der Waals surface area contributed by atoms with Crippen LogP contribution in [0.3, 0.4) is 0 Å². The second-order valence-electron chi connectivity index (χ2n) is 7.08. The zero-order valence-corrected chi connectivity index (χ0v) is 18.6. The van der Waals surface area contributed by atoms with Crippen molar-refractivity contribution in [3.05, 3.63) is 53.6 Å². The van der Waals surface area contributed by atoms with E-state index in [2.05, 4.69) is 5.32 Å². The lowest BCUT2D eigenvalue weighted by atomic mass is 10.1. The minimum Gasteiger partial charge on any atom is -0.496 e. The van der Waals surface area contributed by atoms with E-state index in [1.54, 1.807) is 19.2 Å². The van der Waals surface area contributed by atoms with Gasteiger partial charge in [0.1, 0.15) is 11.5 Å². The van der Waals surface area contributed by atoms with Crippen molar-refractivity contribution < 1.29 is 27.4 Å². The van der Waals surface area contributed by atoms with Crippen molar-refractivity contribution >= 4 is 15.9 Å². The van der Waals surface area contributed by atoms with E-state index in [1.807, 2.05) is 24.3 Å². The molecule has 1 aliphatic rings. The molecule has 0 unspecified atom stereocenters. The molecule has 168 valence electrons. The standard InChI is InChI=1S/C22H28N2O6S/c1-28-20-6-4-3-5-18(20)16-23-22(25)10-7-17-15-19(8-9-21(17)29-2)31(26,27)24-11-13-30-14-12-24/h3-6,8-9,15H,7,10-14,16H2,1-2H3,(H,23,25). The zero-order valence-electron chi connectivity index (χ0n) is 17.8. The maximum absolute atomic E-state index is 12.9. The van der Waals surface area contributed by atoms with Crippen LogP contribution in [0.25, 0.3) is 0 Å². The molecule has 8 nitrogen and oxygen atoms in total. The molecule has 0 bridgehead atoms. The number of benzene rings is 2. The molecule has 1 saturated heterocycles. The number of carbonyl (C=O) groups is 1. The van der Waals surface area contributed by atoms with Gasteiger partial charge >= 0.3 is 0 Å². The van der Waals surface area contributed by atoms with Crippen molar-refractivity contribution in [2.24, 2.45) is 0 Å². The number of hydrogen-bond acceptors (Lipinski definition) is 6. The topological polar surface area (TPSA) is 94.2 Å². The van der Waals surface area contributed by atoms with Crippen LogP contribution in [0.15, 0.2) is 47.4 Å². The van der Waals surface area contributed by atoms with E-state index < -0.39 is 10.0 Å². The van der Waals surface area contributed by atoms with E-state index in [0.717, 1.165) is 5.56 Å². The van der Waals surface area contributed by atoms with Crippen LogP contribution < -0.4 is 14.8 Å². The molecule has 1 heterocycles. The molecule has 0 spiro atoms. The zero-order chi connectivity index (χ0) is 22.3. The number of ether oxygens (including phenoxy) is 3. The lowest BCUT2D eigenvalue weighted by molar-refractivity contribution is -0.121. The Kier molecular flexibility index (Phi) is 7.89. The Hall–Kier alpha value is -2.62. The third kappa shape index (κ3) is 5.75. The van der Waals surface area contributed by atoms with Crippen molar-refractivity contribution in [1.82, 2.24) is 9.62 Å². The summed E-state index contributed by atoms with van der Waals surface area (Å²) in [6.07, 6.45) is 0.556. The molecule has 1 amide bonds. The summed E-state index contributed by atoms with van der Waals surface area (Å²) in [5.41, 5.74) is 1.55. The first kappa shape index (κ1) is 23.1. The summed E-state index contributed by atoms with van der Waals surface area (Å²) in [6, 6.07) is 12.2. The first-order chi connectivity index (χ1) is 15.0. The summed E-state index contributed by atoms with van der Waals surface area (Å²) >= 11 is 0. The second kappa shape index (κ2) is 10.6. The van der Waals surface area contributed by atoms with Crippen molar-refractivity contribution in [1.29, 1.82) is 0 Å². The average molecular weight is 449 g/mol. The lowest BCUT2D eigenvalue weighted by Gasteiger charge is -2.26. The summed E-state index contributed by atoms with van der Waals surface area (Å²) < 4.78 is 43.2. The molecular formula is C22H28N2O6S. The van der Waals surface area contributed by atoms with Gasteiger partial charge in [0.15, 0.2) is 0 Å². The predicted octanol–water partition coefficient (Wildman–Crippen LogP) is 1.97. The molecule has 9 heteroatoms. The number of amides is 1. The lowest BCUT2D eigenvalue weighted by Crippen LogP contribution is -2.40. The predicted molar refractivity (Wildman–Crippen MR) is 116 cm³/mol. The number of rotatable bonds is 9. The van der Waals surface area contributed by atoms with Crippen LogP contribution in [0, 0.1) is 0 Å². The van der Waals surface area contributed by atoms with Crippen molar-refractivity contribution in [3.8, 4) is 11.5 Å². The van der Waals surface area contributed by atoms with Gasteiger partial charge in [0.05, 0.1) is 32.3 Å². The highest BCUT2D eigenvalue weighted by molar-refractivity contribution is 7.89. The molecule has 0 aromatic heterocycles. The average Bonchev–Trinajstić information content (AvgIpc) is 2.81. The molecule has 0 atom stereocenters. The fraction of sp³-hybridized carbons (Fsp3) is 0.409. The number of nitrogens with one attached hydrogen (secondary N) is 1. The third-order valence-corrected chi connectivity index (χ3v) is 7.04.